The monoisotopic (exact) mass is 163 g/mol. The van der Waals surface area contributed by atoms with Crippen molar-refractivity contribution in [1.29, 1.82) is 5.26 Å². The molecule has 2 nitrogen and oxygen atoms in total. The summed E-state index contributed by atoms with van der Waals surface area (Å²) in [6, 6.07) is 1.68. The molecule has 0 unspecified atom stereocenters. The molecule has 0 rings (SSSR count). The Morgan fingerprint density at radius 3 is 2.22 bits per heavy atom. The van der Waals surface area contributed by atoms with Crippen molar-refractivity contribution in [2.24, 2.45) is 0 Å². The van der Waals surface area contributed by atoms with Crippen LogP contribution in [0.25, 0.3) is 0 Å². The molecule has 0 aliphatic rings. The van der Waals surface area contributed by atoms with Gasteiger partial charge in [-0.3, -0.25) is 0 Å². The highest BCUT2D eigenvalue weighted by Gasteiger charge is 1.87. The van der Waals surface area contributed by atoms with E-state index in [4.69, 9.17) is 28.5 Å². The van der Waals surface area contributed by atoms with Gasteiger partial charge in [-0.25, -0.2) is 0 Å². The van der Waals surface area contributed by atoms with Crippen LogP contribution < -0.4 is 0 Å². The van der Waals surface area contributed by atoms with Gasteiger partial charge in [0.05, 0.1) is 7.11 Å². The Bertz CT molecular complexity index is 193. The van der Waals surface area contributed by atoms with Crippen molar-refractivity contribution in [1.82, 2.24) is 0 Å². The third kappa shape index (κ3) is 3.93. The number of rotatable bonds is 1. The van der Waals surface area contributed by atoms with Crippen LogP contribution in [0, 0.1) is 11.3 Å². The van der Waals surface area contributed by atoms with E-state index in [1.54, 1.807) is 6.07 Å². The highest BCUT2D eigenvalue weighted by atomic mass is 35.5. The Balaban J connectivity index is 4.50. The summed E-state index contributed by atoms with van der Waals surface area (Å²) >= 11 is 10.3. The van der Waals surface area contributed by atoms with Gasteiger partial charge in [-0.05, 0) is 5.73 Å². The molecule has 0 N–H and O–H groups in total. The Morgan fingerprint density at radius 1 is 1.56 bits per heavy atom. The lowest BCUT2D eigenvalue weighted by molar-refractivity contribution is 0.311. The van der Waals surface area contributed by atoms with Crippen molar-refractivity contribution >= 4 is 23.2 Å². The van der Waals surface area contributed by atoms with Crippen molar-refractivity contribution in [3.8, 4) is 6.07 Å². The number of ether oxygens (including phenoxy) is 1. The zero-order valence-electron chi connectivity index (χ0n) is 4.61. The van der Waals surface area contributed by atoms with Gasteiger partial charge in [0, 0.05) is 0 Å². The molecular weight excluding hydrogens is 161 g/mol. The maximum absolute atomic E-state index is 8.17. The molecule has 0 fully saturated rings. The summed E-state index contributed by atoms with van der Waals surface area (Å²) in [5.41, 5.74) is 2.26. The molecule has 0 amide bonds. The van der Waals surface area contributed by atoms with E-state index in [2.05, 4.69) is 10.5 Å². The Kier molecular flexibility index (Phi) is 4.00. The second kappa shape index (κ2) is 4.29. The van der Waals surface area contributed by atoms with Crippen LogP contribution in [0.15, 0.2) is 16.0 Å². The number of methoxy groups -OCH3 is 1. The number of allylic oxidation sites excluding steroid dienone is 1. The first-order valence-electron chi connectivity index (χ1n) is 1.96. The highest BCUT2D eigenvalue weighted by Crippen LogP contribution is 2.05. The zero-order valence-corrected chi connectivity index (χ0v) is 6.12. The van der Waals surface area contributed by atoms with Crippen LogP contribution in [0.3, 0.4) is 0 Å². The highest BCUT2D eigenvalue weighted by molar-refractivity contribution is 6.55. The summed E-state index contributed by atoms with van der Waals surface area (Å²) in [7, 11) is 1.34. The third-order valence-electron chi connectivity index (χ3n) is 0.514. The van der Waals surface area contributed by atoms with Crippen molar-refractivity contribution in [2.75, 3.05) is 7.11 Å². The van der Waals surface area contributed by atoms with E-state index >= 15 is 0 Å². The van der Waals surface area contributed by atoms with Gasteiger partial charge >= 0.3 is 0 Å². The molecule has 0 saturated heterocycles. The average molecular weight is 164 g/mol. The van der Waals surface area contributed by atoms with E-state index in [0.717, 1.165) is 0 Å². The van der Waals surface area contributed by atoms with Crippen LogP contribution in [0.4, 0.5) is 0 Å². The van der Waals surface area contributed by atoms with Gasteiger partial charge in [-0.15, -0.1) is 0 Å². The van der Waals surface area contributed by atoms with Gasteiger partial charge in [-0.1, -0.05) is 23.2 Å². The van der Waals surface area contributed by atoms with Gasteiger partial charge in [0.25, 0.3) is 0 Å². The summed E-state index contributed by atoms with van der Waals surface area (Å²) in [6.45, 7) is 0. The van der Waals surface area contributed by atoms with Crippen LogP contribution in [0.1, 0.15) is 0 Å². The fraction of sp³-hybridized carbons (Fsp3) is 0.200. The van der Waals surface area contributed by atoms with Crippen molar-refractivity contribution in [2.45, 2.75) is 0 Å². The maximum Gasteiger partial charge on any atom is 0.244 e. The van der Waals surface area contributed by atoms with E-state index in [1.807, 2.05) is 0 Å². The first-order valence-corrected chi connectivity index (χ1v) is 2.72. The van der Waals surface area contributed by atoms with Crippen LogP contribution in [0.5, 0.6) is 0 Å². The van der Waals surface area contributed by atoms with Gasteiger partial charge in [0.15, 0.2) is 4.49 Å². The predicted molar refractivity (Wildman–Crippen MR) is 34.9 cm³/mol. The maximum atomic E-state index is 8.17. The molecule has 9 heavy (non-hydrogen) atoms. The number of hydrogen-bond acceptors (Lipinski definition) is 2. The molecule has 0 spiro atoms. The van der Waals surface area contributed by atoms with Crippen molar-refractivity contribution in [3.05, 3.63) is 16.0 Å². The lowest BCUT2D eigenvalue weighted by atomic mass is 10.6. The number of hydrogen-bond donors (Lipinski definition) is 0. The van der Waals surface area contributed by atoms with E-state index in [9.17, 15) is 0 Å². The van der Waals surface area contributed by atoms with Gasteiger partial charge in [0.1, 0.15) is 6.07 Å². The van der Waals surface area contributed by atoms with Crippen LogP contribution in [-0.2, 0) is 4.74 Å². The quantitative estimate of drug-likeness (QED) is 0.337. The number of halogens is 2. The number of nitriles is 1. The molecule has 0 bridgehead atoms. The Hall–Kier alpha value is -0.610. The topological polar surface area (TPSA) is 33.0 Å². The minimum Gasteiger partial charge on any atom is -0.481 e. The van der Waals surface area contributed by atoms with Crippen LogP contribution in [-0.4, -0.2) is 7.11 Å². The van der Waals surface area contributed by atoms with Crippen LogP contribution >= 0.6 is 23.2 Å². The minimum atomic E-state index is -0.117. The van der Waals surface area contributed by atoms with Crippen LogP contribution in [0.2, 0.25) is 0 Å². The standard InChI is InChI=1S/C5H3Cl2NO/c1-9-4(3-8)2-5(6)7/h1H3. The molecule has 0 radical (unpaired) electrons. The summed E-state index contributed by atoms with van der Waals surface area (Å²) < 4.78 is 4.35. The van der Waals surface area contributed by atoms with E-state index < -0.39 is 0 Å². The fourth-order valence-corrected chi connectivity index (χ4v) is 0.382. The first kappa shape index (κ1) is 8.39. The molecule has 0 saturated carbocycles. The summed E-state index contributed by atoms with van der Waals surface area (Å²) in [5.74, 6) is -0.0324. The lowest BCUT2D eigenvalue weighted by Gasteiger charge is -1.86. The van der Waals surface area contributed by atoms with Gasteiger partial charge in [0.2, 0.25) is 5.76 Å². The molecule has 0 aliphatic heterocycles. The summed E-state index contributed by atoms with van der Waals surface area (Å²) in [5, 5.41) is 8.17. The lowest BCUT2D eigenvalue weighted by Crippen LogP contribution is -1.76. The molecule has 4 heteroatoms. The fourth-order valence-electron chi connectivity index (χ4n) is 0.210. The molecule has 0 aliphatic carbocycles. The SMILES string of the molecule is COC(=C=C(Cl)Cl)C#N. The minimum absolute atomic E-state index is 0.0324. The van der Waals surface area contributed by atoms with E-state index in [-0.39, 0.29) is 10.3 Å². The second-order valence-electron chi connectivity index (χ2n) is 1.03. The normalized spacial score (nSPS) is 6.89. The predicted octanol–water partition coefficient (Wildman–Crippen LogP) is 1.96. The Morgan fingerprint density at radius 2 is 2.11 bits per heavy atom. The Labute approximate surface area is 62.9 Å². The first-order chi connectivity index (χ1) is 4.20. The molecule has 0 aromatic heterocycles. The molecule has 0 aromatic rings. The largest absolute Gasteiger partial charge is 0.481 e. The van der Waals surface area contributed by atoms with Crippen molar-refractivity contribution in [3.63, 3.8) is 0 Å². The third-order valence-corrected chi connectivity index (χ3v) is 0.703. The number of nitrogens with zero attached hydrogens (tertiary/aromatic N) is 1. The molecule has 0 aromatic carbocycles. The van der Waals surface area contributed by atoms with Gasteiger partial charge in [-0.2, -0.15) is 5.26 Å². The summed E-state index contributed by atoms with van der Waals surface area (Å²) in [4.78, 5) is 0. The molecule has 0 atom stereocenters. The smallest absolute Gasteiger partial charge is 0.244 e. The molecule has 0 heterocycles. The van der Waals surface area contributed by atoms with Gasteiger partial charge < -0.3 is 4.74 Å². The summed E-state index contributed by atoms with van der Waals surface area (Å²) in [6.07, 6.45) is 0. The molecule has 48 valence electrons. The van der Waals surface area contributed by atoms with Crippen molar-refractivity contribution < 1.29 is 4.74 Å². The second-order valence-corrected chi connectivity index (χ2v) is 1.98. The van der Waals surface area contributed by atoms with E-state index in [0.29, 0.717) is 0 Å². The molecular formula is C5H3Cl2NO. The zero-order chi connectivity index (χ0) is 7.28. The average Bonchev–Trinajstić information content (AvgIpc) is 1.82. The van der Waals surface area contributed by atoms with E-state index in [1.165, 1.54) is 7.11 Å².